The van der Waals surface area contributed by atoms with E-state index in [1.165, 1.54) is 0 Å². The highest BCUT2D eigenvalue weighted by molar-refractivity contribution is 5.74. The van der Waals surface area contributed by atoms with Crippen molar-refractivity contribution in [2.24, 2.45) is 0 Å². The lowest BCUT2D eigenvalue weighted by Crippen LogP contribution is -2.52. The lowest BCUT2D eigenvalue weighted by molar-refractivity contribution is 0.194. The molecular formula is C20H24N6O2. The first kappa shape index (κ1) is 19.4. The number of urea groups is 1. The lowest BCUT2D eigenvalue weighted by Gasteiger charge is -2.35. The van der Waals surface area contributed by atoms with Gasteiger partial charge >= 0.3 is 6.03 Å². The predicted molar refractivity (Wildman–Crippen MR) is 105 cm³/mol. The normalized spacial score (nSPS) is 13.9. The van der Waals surface area contributed by atoms with Crippen LogP contribution in [-0.4, -0.2) is 53.2 Å². The first-order valence-electron chi connectivity index (χ1n) is 9.31. The van der Waals surface area contributed by atoms with E-state index in [-0.39, 0.29) is 12.1 Å². The van der Waals surface area contributed by atoms with Crippen molar-refractivity contribution in [2.45, 2.75) is 26.5 Å². The van der Waals surface area contributed by atoms with Crippen molar-refractivity contribution >= 4 is 11.8 Å². The zero-order valence-electron chi connectivity index (χ0n) is 16.1. The number of piperazine rings is 1. The van der Waals surface area contributed by atoms with E-state index in [2.05, 4.69) is 21.4 Å². The predicted octanol–water partition coefficient (Wildman–Crippen LogP) is 2.17. The molecule has 0 radical (unpaired) electrons. The van der Waals surface area contributed by atoms with Crippen LogP contribution in [0.2, 0.25) is 0 Å². The minimum atomic E-state index is -0.108. The van der Waals surface area contributed by atoms with Crippen LogP contribution in [0.5, 0.6) is 5.88 Å². The molecule has 1 fully saturated rings. The Balaban J connectivity index is 1.48. The minimum absolute atomic E-state index is 0.0760. The SMILES string of the molecule is CC(C)Oc1ccc(CNC(=O)N2CCN(c3ncccc3C#N)CC2)cn1. The van der Waals surface area contributed by atoms with Crippen LogP contribution in [0.1, 0.15) is 25.0 Å². The second-order valence-corrected chi connectivity index (χ2v) is 6.79. The Morgan fingerprint density at radius 1 is 1.25 bits per heavy atom. The van der Waals surface area contributed by atoms with Crippen molar-refractivity contribution in [3.63, 3.8) is 0 Å². The Labute approximate surface area is 164 Å². The number of anilines is 1. The van der Waals surface area contributed by atoms with E-state index < -0.39 is 0 Å². The molecule has 0 saturated carbocycles. The van der Waals surface area contributed by atoms with E-state index in [4.69, 9.17) is 4.74 Å². The molecule has 2 aromatic rings. The van der Waals surface area contributed by atoms with Gasteiger partial charge < -0.3 is 19.9 Å². The van der Waals surface area contributed by atoms with E-state index in [0.29, 0.717) is 50.0 Å². The summed E-state index contributed by atoms with van der Waals surface area (Å²) in [5.41, 5.74) is 1.47. The largest absolute Gasteiger partial charge is 0.475 e. The molecule has 0 atom stereocenters. The highest BCUT2D eigenvalue weighted by Gasteiger charge is 2.23. The molecule has 1 aliphatic rings. The number of aromatic nitrogens is 2. The summed E-state index contributed by atoms with van der Waals surface area (Å²) in [5, 5.41) is 12.1. The van der Waals surface area contributed by atoms with Crippen LogP contribution < -0.4 is 15.0 Å². The van der Waals surface area contributed by atoms with Gasteiger partial charge in [0.1, 0.15) is 11.9 Å². The fourth-order valence-corrected chi connectivity index (χ4v) is 2.97. The van der Waals surface area contributed by atoms with Gasteiger partial charge in [0.15, 0.2) is 0 Å². The molecule has 0 unspecified atom stereocenters. The van der Waals surface area contributed by atoms with E-state index in [9.17, 15) is 10.1 Å². The van der Waals surface area contributed by atoms with Crippen LogP contribution in [0.4, 0.5) is 10.6 Å². The first-order chi connectivity index (χ1) is 13.6. The smallest absolute Gasteiger partial charge is 0.317 e. The van der Waals surface area contributed by atoms with Gasteiger partial charge in [0.25, 0.3) is 0 Å². The van der Waals surface area contributed by atoms with Gasteiger partial charge in [-0.2, -0.15) is 5.26 Å². The molecule has 2 amide bonds. The summed E-state index contributed by atoms with van der Waals surface area (Å²) < 4.78 is 5.52. The Kier molecular flexibility index (Phi) is 6.27. The van der Waals surface area contributed by atoms with Gasteiger partial charge in [-0.15, -0.1) is 0 Å². The molecule has 1 aliphatic heterocycles. The molecule has 0 aromatic carbocycles. The van der Waals surface area contributed by atoms with Crippen LogP contribution in [0.15, 0.2) is 36.7 Å². The maximum absolute atomic E-state index is 12.4. The molecule has 0 bridgehead atoms. The molecule has 0 spiro atoms. The summed E-state index contributed by atoms with van der Waals surface area (Å²) in [5.74, 6) is 1.26. The summed E-state index contributed by atoms with van der Waals surface area (Å²) in [6, 6.07) is 9.27. The number of nitriles is 1. The number of hydrogen-bond acceptors (Lipinski definition) is 6. The Bertz CT molecular complexity index is 839. The molecular weight excluding hydrogens is 356 g/mol. The molecule has 2 aromatic heterocycles. The number of nitrogens with one attached hydrogen (secondary N) is 1. The van der Waals surface area contributed by atoms with Gasteiger partial charge in [-0.3, -0.25) is 0 Å². The topological polar surface area (TPSA) is 94.4 Å². The van der Waals surface area contributed by atoms with Crippen LogP contribution in [0, 0.1) is 11.3 Å². The third-order valence-corrected chi connectivity index (χ3v) is 4.37. The van der Waals surface area contributed by atoms with Gasteiger partial charge in [0.2, 0.25) is 5.88 Å². The number of amides is 2. The van der Waals surface area contributed by atoms with Crippen molar-refractivity contribution in [1.29, 1.82) is 5.26 Å². The number of carbonyl (C=O) groups is 1. The van der Waals surface area contributed by atoms with Crippen molar-refractivity contribution in [1.82, 2.24) is 20.2 Å². The maximum Gasteiger partial charge on any atom is 0.317 e. The van der Waals surface area contributed by atoms with Gasteiger partial charge in [0, 0.05) is 51.2 Å². The Morgan fingerprint density at radius 2 is 2.04 bits per heavy atom. The van der Waals surface area contributed by atoms with Crippen LogP contribution in [0.25, 0.3) is 0 Å². The molecule has 28 heavy (non-hydrogen) atoms. The number of rotatable bonds is 5. The lowest BCUT2D eigenvalue weighted by atomic mass is 10.2. The summed E-state index contributed by atoms with van der Waals surface area (Å²) in [4.78, 5) is 24.8. The molecule has 1 N–H and O–H groups in total. The molecule has 8 heteroatoms. The van der Waals surface area contributed by atoms with Gasteiger partial charge in [-0.1, -0.05) is 6.07 Å². The summed E-state index contributed by atoms with van der Waals surface area (Å²) in [7, 11) is 0. The Morgan fingerprint density at radius 3 is 2.68 bits per heavy atom. The number of nitrogens with zero attached hydrogens (tertiary/aromatic N) is 5. The summed E-state index contributed by atoms with van der Waals surface area (Å²) in [6.45, 7) is 6.74. The van der Waals surface area contributed by atoms with Gasteiger partial charge in [-0.05, 0) is 31.5 Å². The summed E-state index contributed by atoms with van der Waals surface area (Å²) >= 11 is 0. The highest BCUT2D eigenvalue weighted by atomic mass is 16.5. The van der Waals surface area contributed by atoms with E-state index >= 15 is 0 Å². The van der Waals surface area contributed by atoms with Crippen LogP contribution in [0.3, 0.4) is 0 Å². The van der Waals surface area contributed by atoms with Crippen molar-refractivity contribution in [2.75, 3.05) is 31.1 Å². The first-order valence-corrected chi connectivity index (χ1v) is 9.31. The number of ether oxygens (including phenoxy) is 1. The minimum Gasteiger partial charge on any atom is -0.475 e. The third-order valence-electron chi connectivity index (χ3n) is 4.37. The number of hydrogen-bond donors (Lipinski definition) is 1. The summed E-state index contributed by atoms with van der Waals surface area (Å²) in [6.07, 6.45) is 3.47. The van der Waals surface area contributed by atoms with Crippen molar-refractivity contribution in [3.05, 3.63) is 47.8 Å². The average molecular weight is 380 g/mol. The molecule has 146 valence electrons. The van der Waals surface area contributed by atoms with E-state index in [0.717, 1.165) is 5.56 Å². The second-order valence-electron chi connectivity index (χ2n) is 6.79. The quantitative estimate of drug-likeness (QED) is 0.854. The average Bonchev–Trinajstić information content (AvgIpc) is 2.72. The standard InChI is InChI=1S/C20H24N6O2/c1-15(2)28-18-6-5-16(13-23-18)14-24-20(27)26-10-8-25(9-11-26)19-17(12-21)4-3-7-22-19/h3-7,13,15H,8-11,14H2,1-2H3,(H,24,27). The fourth-order valence-electron chi connectivity index (χ4n) is 2.97. The molecule has 0 aliphatic carbocycles. The number of pyridine rings is 2. The van der Waals surface area contributed by atoms with Gasteiger partial charge in [-0.25, -0.2) is 14.8 Å². The fraction of sp³-hybridized carbons (Fsp3) is 0.400. The molecule has 1 saturated heterocycles. The monoisotopic (exact) mass is 380 g/mol. The third kappa shape index (κ3) is 4.88. The molecule has 8 nitrogen and oxygen atoms in total. The van der Waals surface area contributed by atoms with Crippen LogP contribution >= 0.6 is 0 Å². The highest BCUT2D eigenvalue weighted by Crippen LogP contribution is 2.18. The Hall–Kier alpha value is -3.34. The zero-order chi connectivity index (χ0) is 19.9. The van der Waals surface area contributed by atoms with Gasteiger partial charge in [0.05, 0.1) is 11.7 Å². The second kappa shape index (κ2) is 9.04. The molecule has 3 rings (SSSR count). The van der Waals surface area contributed by atoms with E-state index in [1.54, 1.807) is 35.5 Å². The maximum atomic E-state index is 12.4. The van der Waals surface area contributed by atoms with Crippen LogP contribution in [-0.2, 0) is 6.54 Å². The number of carbonyl (C=O) groups excluding carboxylic acids is 1. The van der Waals surface area contributed by atoms with Crippen molar-refractivity contribution in [3.8, 4) is 11.9 Å². The van der Waals surface area contributed by atoms with E-state index in [1.807, 2.05) is 24.8 Å². The van der Waals surface area contributed by atoms with Crippen molar-refractivity contribution < 1.29 is 9.53 Å². The molecule has 3 heterocycles. The zero-order valence-corrected chi connectivity index (χ0v) is 16.1.